The van der Waals surface area contributed by atoms with Gasteiger partial charge in [-0.15, -0.1) is 0 Å². The molecule has 0 spiro atoms. The summed E-state index contributed by atoms with van der Waals surface area (Å²) in [4.78, 5) is 20.6. The molecule has 2 aromatic rings. The molecule has 5 heteroatoms. The van der Waals surface area contributed by atoms with Crippen LogP contribution in [0.3, 0.4) is 0 Å². The monoisotopic (exact) mass is 327 g/mol. The Hall–Kier alpha value is -2.10. The van der Waals surface area contributed by atoms with E-state index in [4.69, 9.17) is 10.2 Å². The first-order chi connectivity index (χ1) is 9.40. The van der Waals surface area contributed by atoms with Gasteiger partial charge in [-0.1, -0.05) is 35.4 Å². The minimum atomic E-state index is -0.875. The summed E-state index contributed by atoms with van der Waals surface area (Å²) in [6.07, 6.45) is 0. The first kappa shape index (κ1) is 18.9. The molecule has 0 unspecified atom stereocenters. The van der Waals surface area contributed by atoms with Gasteiger partial charge in [0.1, 0.15) is 0 Å². The maximum absolute atomic E-state index is 10.3. The zero-order valence-electron chi connectivity index (χ0n) is 11.7. The van der Waals surface area contributed by atoms with Crippen LogP contribution >= 0.6 is 0 Å². The number of carboxylic acids is 2. The molecule has 0 saturated carbocycles. The molecule has 2 rings (SSSR count). The van der Waals surface area contributed by atoms with Crippen molar-refractivity contribution in [3.8, 4) is 0 Å². The molecule has 0 atom stereocenters. The van der Waals surface area contributed by atoms with Crippen LogP contribution in [0.15, 0.2) is 48.5 Å². The Balaban J connectivity index is 0.000000364. The van der Waals surface area contributed by atoms with Crippen molar-refractivity contribution >= 4 is 11.9 Å². The van der Waals surface area contributed by atoms with Crippen molar-refractivity contribution in [3.63, 3.8) is 0 Å². The molecule has 111 valence electrons. The number of carboxylic acid groups (broad SMARTS) is 2. The van der Waals surface area contributed by atoms with E-state index in [0.29, 0.717) is 11.1 Å². The normalized spacial score (nSPS) is 8.86. The third-order valence-corrected chi connectivity index (χ3v) is 2.60. The van der Waals surface area contributed by atoms with Crippen LogP contribution in [0.4, 0.5) is 0 Å². The summed E-state index contributed by atoms with van der Waals surface area (Å²) < 4.78 is 0. The minimum absolute atomic E-state index is 0. The zero-order valence-corrected chi connectivity index (χ0v) is 12.9. The average molecular weight is 327 g/mol. The van der Waals surface area contributed by atoms with Gasteiger partial charge in [0.05, 0.1) is 11.1 Å². The SMILES string of the molecule is Cc1ccc(C(=O)O)cc1.Cc1ccc(C(=O)O)cc1.[Mn]. The average Bonchev–Trinajstić information content (AvgIpc) is 2.40. The van der Waals surface area contributed by atoms with E-state index in [1.54, 1.807) is 48.5 Å². The summed E-state index contributed by atoms with van der Waals surface area (Å²) in [7, 11) is 0. The van der Waals surface area contributed by atoms with Crippen LogP contribution in [-0.4, -0.2) is 22.2 Å². The first-order valence-corrected chi connectivity index (χ1v) is 6.00. The predicted molar refractivity (Wildman–Crippen MR) is 76.3 cm³/mol. The Morgan fingerprint density at radius 2 is 0.905 bits per heavy atom. The summed E-state index contributed by atoms with van der Waals surface area (Å²) >= 11 is 0. The van der Waals surface area contributed by atoms with Gasteiger partial charge in [-0.2, -0.15) is 0 Å². The number of hydrogen-bond acceptors (Lipinski definition) is 2. The summed E-state index contributed by atoms with van der Waals surface area (Å²) in [5.74, 6) is -1.75. The van der Waals surface area contributed by atoms with E-state index < -0.39 is 11.9 Å². The van der Waals surface area contributed by atoms with Gasteiger partial charge in [-0.25, -0.2) is 9.59 Å². The van der Waals surface area contributed by atoms with Gasteiger partial charge in [0.15, 0.2) is 0 Å². The van der Waals surface area contributed by atoms with Crippen molar-refractivity contribution in [2.45, 2.75) is 13.8 Å². The van der Waals surface area contributed by atoms with Crippen LogP contribution in [0, 0.1) is 13.8 Å². The molecule has 0 bridgehead atoms. The number of benzene rings is 2. The van der Waals surface area contributed by atoms with Gasteiger partial charge in [0.25, 0.3) is 0 Å². The Bertz CT molecular complexity index is 533. The molecule has 0 aliphatic carbocycles. The molecule has 0 aliphatic heterocycles. The largest absolute Gasteiger partial charge is 0.478 e. The minimum Gasteiger partial charge on any atom is -0.478 e. The number of carbonyl (C=O) groups is 2. The topological polar surface area (TPSA) is 74.6 Å². The van der Waals surface area contributed by atoms with Crippen molar-refractivity contribution in [1.82, 2.24) is 0 Å². The molecule has 0 fully saturated rings. The molecule has 4 nitrogen and oxygen atoms in total. The molecule has 0 amide bonds. The van der Waals surface area contributed by atoms with Gasteiger partial charge in [0.2, 0.25) is 0 Å². The Morgan fingerprint density at radius 3 is 1.10 bits per heavy atom. The van der Waals surface area contributed by atoms with Crippen molar-refractivity contribution in [1.29, 1.82) is 0 Å². The second-order valence-corrected chi connectivity index (χ2v) is 4.34. The van der Waals surface area contributed by atoms with Crippen LogP contribution in [0.25, 0.3) is 0 Å². The van der Waals surface area contributed by atoms with Crippen LogP contribution in [0.1, 0.15) is 31.8 Å². The van der Waals surface area contributed by atoms with Crippen molar-refractivity contribution in [3.05, 3.63) is 70.8 Å². The van der Waals surface area contributed by atoms with E-state index in [0.717, 1.165) is 11.1 Å². The van der Waals surface area contributed by atoms with Gasteiger partial charge in [-0.05, 0) is 38.1 Å². The van der Waals surface area contributed by atoms with E-state index in [-0.39, 0.29) is 17.1 Å². The van der Waals surface area contributed by atoms with Crippen LogP contribution in [0.5, 0.6) is 0 Å². The molecule has 0 aliphatic rings. The molecule has 1 radical (unpaired) electrons. The Labute approximate surface area is 133 Å². The van der Waals surface area contributed by atoms with Gasteiger partial charge >= 0.3 is 11.9 Å². The maximum atomic E-state index is 10.3. The number of hydrogen-bond donors (Lipinski definition) is 2. The fraction of sp³-hybridized carbons (Fsp3) is 0.125. The predicted octanol–water partition coefficient (Wildman–Crippen LogP) is 3.38. The Kier molecular flexibility index (Phi) is 8.05. The maximum Gasteiger partial charge on any atom is 0.335 e. The molecule has 0 saturated heterocycles. The second-order valence-electron chi connectivity index (χ2n) is 4.34. The molecular formula is C16H16MnO4. The quantitative estimate of drug-likeness (QED) is 0.829. The van der Waals surface area contributed by atoms with Crippen molar-refractivity contribution in [2.24, 2.45) is 0 Å². The van der Waals surface area contributed by atoms with E-state index in [1.165, 1.54) is 0 Å². The second kappa shape index (κ2) is 8.95. The number of aryl methyl sites for hydroxylation is 2. The van der Waals surface area contributed by atoms with Crippen LogP contribution in [-0.2, 0) is 17.1 Å². The molecule has 2 aromatic carbocycles. The smallest absolute Gasteiger partial charge is 0.335 e. The zero-order chi connectivity index (χ0) is 15.1. The molecule has 0 heterocycles. The number of rotatable bonds is 2. The van der Waals surface area contributed by atoms with Crippen LogP contribution < -0.4 is 0 Å². The summed E-state index contributed by atoms with van der Waals surface area (Å²) in [6, 6.07) is 13.5. The summed E-state index contributed by atoms with van der Waals surface area (Å²) in [5.41, 5.74) is 2.83. The van der Waals surface area contributed by atoms with Gasteiger partial charge < -0.3 is 10.2 Å². The standard InChI is InChI=1S/2C8H8O2.Mn/c2*1-6-2-4-7(5-3-6)8(9)10;/h2*2-5H,1H3,(H,9,10);. The molecule has 0 aromatic heterocycles. The first-order valence-electron chi connectivity index (χ1n) is 6.00. The third-order valence-electron chi connectivity index (χ3n) is 2.60. The molecule has 2 N–H and O–H groups in total. The molecule has 21 heavy (non-hydrogen) atoms. The number of aromatic carboxylic acids is 2. The Morgan fingerprint density at radius 1 is 0.667 bits per heavy atom. The summed E-state index contributed by atoms with van der Waals surface area (Å²) in [6.45, 7) is 3.84. The van der Waals surface area contributed by atoms with Crippen LogP contribution in [0.2, 0.25) is 0 Å². The van der Waals surface area contributed by atoms with Crippen molar-refractivity contribution in [2.75, 3.05) is 0 Å². The molecular weight excluding hydrogens is 311 g/mol. The van der Waals surface area contributed by atoms with Gasteiger partial charge in [0, 0.05) is 17.1 Å². The van der Waals surface area contributed by atoms with E-state index >= 15 is 0 Å². The van der Waals surface area contributed by atoms with E-state index in [2.05, 4.69) is 0 Å². The van der Waals surface area contributed by atoms with Gasteiger partial charge in [-0.3, -0.25) is 0 Å². The van der Waals surface area contributed by atoms with E-state index in [9.17, 15) is 9.59 Å². The van der Waals surface area contributed by atoms with Crippen molar-refractivity contribution < 1.29 is 36.9 Å². The van der Waals surface area contributed by atoms with E-state index in [1.807, 2.05) is 13.8 Å². The summed E-state index contributed by atoms with van der Waals surface area (Å²) in [5, 5.41) is 17.0. The fourth-order valence-electron chi connectivity index (χ4n) is 1.39. The fourth-order valence-corrected chi connectivity index (χ4v) is 1.39. The third kappa shape index (κ3) is 6.75.